The van der Waals surface area contributed by atoms with Gasteiger partial charge in [0.15, 0.2) is 0 Å². The van der Waals surface area contributed by atoms with Gasteiger partial charge in [-0.2, -0.15) is 20.5 Å². The van der Waals surface area contributed by atoms with Crippen LogP contribution >= 0.6 is 15.9 Å². The van der Waals surface area contributed by atoms with Crippen molar-refractivity contribution in [3.05, 3.63) is 22.2 Å². The first-order valence-electron chi connectivity index (χ1n) is 9.25. The lowest BCUT2D eigenvalue weighted by Gasteiger charge is -2.13. The van der Waals surface area contributed by atoms with E-state index in [2.05, 4.69) is 32.8 Å². The zero-order valence-electron chi connectivity index (χ0n) is 15.1. The van der Waals surface area contributed by atoms with Crippen molar-refractivity contribution in [2.24, 2.45) is 9.98 Å². The molecule has 0 heterocycles. The summed E-state index contributed by atoms with van der Waals surface area (Å²) < 4.78 is 0.690. The Labute approximate surface area is 160 Å². The molecule has 0 saturated carbocycles. The van der Waals surface area contributed by atoms with Gasteiger partial charge in [0.25, 0.3) is 0 Å². The maximum Gasteiger partial charge on any atom is 0.206 e. The second kappa shape index (κ2) is 13.6. The van der Waals surface area contributed by atoms with Crippen molar-refractivity contribution in [2.75, 3.05) is 0 Å². The molecular weight excluding hydrogens is 376 g/mol. The highest BCUT2D eigenvalue weighted by atomic mass is 79.9. The van der Waals surface area contributed by atoms with Gasteiger partial charge in [0.2, 0.25) is 12.4 Å². The van der Waals surface area contributed by atoms with Crippen LogP contribution in [-0.2, 0) is 0 Å². The first-order valence-corrected chi connectivity index (χ1v) is 10.0. The number of hydrogen-bond acceptors (Lipinski definition) is 4. The summed E-state index contributed by atoms with van der Waals surface area (Å²) in [5, 5.41) is 17.6. The van der Waals surface area contributed by atoms with Crippen molar-refractivity contribution < 1.29 is 0 Å². The highest BCUT2D eigenvalue weighted by molar-refractivity contribution is 9.12. The number of aliphatic imine (C=N–C) groups is 2. The highest BCUT2D eigenvalue weighted by Crippen LogP contribution is 2.23. The minimum absolute atomic E-state index is 0.599. The van der Waals surface area contributed by atoms with Gasteiger partial charge in [0.05, 0.1) is 11.4 Å². The lowest BCUT2D eigenvalue weighted by molar-refractivity contribution is 0.557. The molecule has 0 aliphatic heterocycles. The molecular formula is C20H27BrN4. The van der Waals surface area contributed by atoms with Crippen LogP contribution in [0.25, 0.3) is 0 Å². The number of nitrogens with zero attached hydrogens (tertiary/aromatic N) is 4. The predicted molar refractivity (Wildman–Crippen MR) is 108 cm³/mol. The van der Waals surface area contributed by atoms with Crippen molar-refractivity contribution in [2.45, 2.75) is 77.6 Å². The second-order valence-corrected chi connectivity index (χ2v) is 7.14. The minimum atomic E-state index is 0.599. The van der Waals surface area contributed by atoms with Crippen LogP contribution in [0.4, 0.5) is 0 Å². The van der Waals surface area contributed by atoms with Crippen molar-refractivity contribution in [3.63, 3.8) is 0 Å². The van der Waals surface area contributed by atoms with Crippen LogP contribution in [0.1, 0.15) is 77.6 Å². The normalized spacial score (nSPS) is 17.1. The van der Waals surface area contributed by atoms with E-state index in [1.807, 2.05) is 18.5 Å². The molecule has 134 valence electrons. The smallest absolute Gasteiger partial charge is 0.173 e. The Hall–Kier alpha value is -1.72. The number of hydrogen-bond donors (Lipinski definition) is 0. The van der Waals surface area contributed by atoms with Crippen molar-refractivity contribution >= 4 is 27.4 Å². The lowest BCUT2D eigenvalue weighted by atomic mass is 9.96. The van der Waals surface area contributed by atoms with E-state index in [0.29, 0.717) is 15.9 Å². The lowest BCUT2D eigenvalue weighted by Crippen LogP contribution is -2.11. The molecule has 1 aliphatic carbocycles. The summed E-state index contributed by atoms with van der Waals surface area (Å²) in [6.07, 6.45) is 21.1. The molecule has 0 amide bonds. The second-order valence-electron chi connectivity index (χ2n) is 6.29. The molecule has 0 N–H and O–H groups in total. The van der Waals surface area contributed by atoms with Crippen LogP contribution in [0.2, 0.25) is 0 Å². The van der Waals surface area contributed by atoms with E-state index in [4.69, 9.17) is 10.5 Å². The third-order valence-electron chi connectivity index (χ3n) is 4.29. The SMILES string of the molecule is CCCCCCCCCCCCC1=CC(=NC#N)C(Br)=CC1=NC#N. The molecule has 0 spiro atoms. The fourth-order valence-corrected chi connectivity index (χ4v) is 3.32. The molecule has 1 aliphatic rings. The van der Waals surface area contributed by atoms with Gasteiger partial charge < -0.3 is 0 Å². The van der Waals surface area contributed by atoms with E-state index in [-0.39, 0.29) is 0 Å². The zero-order valence-corrected chi connectivity index (χ0v) is 16.7. The fraction of sp³-hybridized carbons (Fsp3) is 0.600. The third-order valence-corrected chi connectivity index (χ3v) is 4.92. The van der Waals surface area contributed by atoms with E-state index >= 15 is 0 Å². The summed E-state index contributed by atoms with van der Waals surface area (Å²) in [7, 11) is 0. The van der Waals surface area contributed by atoms with Gasteiger partial charge in [0, 0.05) is 4.48 Å². The van der Waals surface area contributed by atoms with Crippen molar-refractivity contribution in [1.82, 2.24) is 0 Å². The van der Waals surface area contributed by atoms with E-state index in [1.54, 1.807) is 6.08 Å². The van der Waals surface area contributed by atoms with E-state index in [1.165, 1.54) is 57.8 Å². The summed E-state index contributed by atoms with van der Waals surface area (Å²) >= 11 is 3.37. The summed E-state index contributed by atoms with van der Waals surface area (Å²) in [6.45, 7) is 2.25. The Balaban J connectivity index is 2.34. The first-order chi connectivity index (χ1) is 12.2. The van der Waals surface area contributed by atoms with Crippen LogP contribution in [0.3, 0.4) is 0 Å². The third kappa shape index (κ3) is 8.79. The van der Waals surface area contributed by atoms with Gasteiger partial charge in [-0.15, -0.1) is 0 Å². The summed E-state index contributed by atoms with van der Waals surface area (Å²) in [4.78, 5) is 7.69. The molecule has 0 fully saturated rings. The molecule has 0 radical (unpaired) electrons. The van der Waals surface area contributed by atoms with Crippen molar-refractivity contribution in [1.29, 1.82) is 10.5 Å². The minimum Gasteiger partial charge on any atom is -0.173 e. The summed E-state index contributed by atoms with van der Waals surface area (Å²) in [5.41, 5.74) is 2.25. The van der Waals surface area contributed by atoms with E-state index < -0.39 is 0 Å². The standard InChI is InChI=1S/C20H27BrN4/c1-2-3-4-5-6-7-8-9-10-11-12-17-13-20(25-16-23)18(21)14-19(17)24-15-22/h13-14H,2-12H2,1H3. The molecule has 5 heteroatoms. The summed E-state index contributed by atoms with van der Waals surface area (Å²) in [5.74, 6) is 0. The quantitative estimate of drug-likeness (QED) is 0.229. The number of rotatable bonds is 11. The van der Waals surface area contributed by atoms with Crippen LogP contribution < -0.4 is 0 Å². The van der Waals surface area contributed by atoms with E-state index in [0.717, 1.165) is 18.4 Å². The molecule has 0 aromatic carbocycles. The highest BCUT2D eigenvalue weighted by Gasteiger charge is 2.15. The Kier molecular flexibility index (Phi) is 11.6. The van der Waals surface area contributed by atoms with Gasteiger partial charge in [-0.05, 0) is 46.5 Å². The van der Waals surface area contributed by atoms with Gasteiger partial charge in [-0.25, -0.2) is 0 Å². The van der Waals surface area contributed by atoms with Gasteiger partial charge in [-0.1, -0.05) is 64.7 Å². The zero-order chi connectivity index (χ0) is 18.3. The molecule has 0 saturated heterocycles. The van der Waals surface area contributed by atoms with Crippen LogP contribution in [0.5, 0.6) is 0 Å². The number of allylic oxidation sites excluding steroid dienone is 4. The topological polar surface area (TPSA) is 72.3 Å². The molecule has 4 nitrogen and oxygen atoms in total. The van der Waals surface area contributed by atoms with Crippen molar-refractivity contribution in [3.8, 4) is 12.4 Å². The molecule has 1 rings (SSSR count). The number of halogens is 1. The number of unbranched alkanes of at least 4 members (excludes halogenated alkanes) is 9. The van der Waals surface area contributed by atoms with Crippen LogP contribution in [0.15, 0.2) is 32.2 Å². The van der Waals surface area contributed by atoms with Gasteiger partial charge >= 0.3 is 0 Å². The largest absolute Gasteiger partial charge is 0.206 e. The van der Waals surface area contributed by atoms with Crippen LogP contribution in [-0.4, -0.2) is 11.4 Å². The molecule has 0 bridgehead atoms. The number of nitriles is 2. The molecule has 0 unspecified atom stereocenters. The van der Waals surface area contributed by atoms with Gasteiger partial charge in [0.1, 0.15) is 0 Å². The monoisotopic (exact) mass is 402 g/mol. The Bertz CT molecular complexity index is 615. The average molecular weight is 403 g/mol. The average Bonchev–Trinajstić information content (AvgIpc) is 2.60. The molecule has 0 aromatic rings. The molecule has 0 aromatic heterocycles. The first kappa shape index (κ1) is 21.3. The maximum atomic E-state index is 8.85. The predicted octanol–water partition coefficient (Wildman–Crippen LogP) is 6.36. The van der Waals surface area contributed by atoms with Gasteiger partial charge in [-0.3, -0.25) is 0 Å². The molecule has 25 heavy (non-hydrogen) atoms. The maximum absolute atomic E-state index is 8.85. The Morgan fingerprint density at radius 1 is 0.800 bits per heavy atom. The van der Waals surface area contributed by atoms with E-state index in [9.17, 15) is 0 Å². The fourth-order valence-electron chi connectivity index (χ4n) is 2.90. The Morgan fingerprint density at radius 2 is 1.32 bits per heavy atom. The molecule has 0 atom stereocenters. The summed E-state index contributed by atoms with van der Waals surface area (Å²) in [6, 6.07) is 0. The Morgan fingerprint density at radius 3 is 1.88 bits per heavy atom. The van der Waals surface area contributed by atoms with Crippen LogP contribution in [0, 0.1) is 22.9 Å².